The van der Waals surface area contributed by atoms with E-state index < -0.39 is 0 Å². The molecule has 1 rings (SSSR count). The minimum atomic E-state index is 0.731. The van der Waals surface area contributed by atoms with E-state index in [1.54, 1.807) is 0 Å². The fraction of sp³-hybridized carbons (Fsp3) is 0.333. The Morgan fingerprint density at radius 1 is 1.29 bits per heavy atom. The van der Waals surface area contributed by atoms with Crippen molar-refractivity contribution in [3.63, 3.8) is 0 Å². The van der Waals surface area contributed by atoms with E-state index in [2.05, 4.69) is 59.1 Å². The molecule has 74 valence electrons. The van der Waals surface area contributed by atoms with Crippen LogP contribution in [0.25, 0.3) is 0 Å². The summed E-state index contributed by atoms with van der Waals surface area (Å²) in [6, 6.07) is 4.19. The van der Waals surface area contributed by atoms with Crippen molar-refractivity contribution in [3.05, 3.63) is 33.3 Å². The van der Waals surface area contributed by atoms with E-state index in [-0.39, 0.29) is 0 Å². The van der Waals surface area contributed by atoms with E-state index in [0.717, 1.165) is 16.6 Å². The zero-order chi connectivity index (χ0) is 10.6. The maximum absolute atomic E-state index is 3.47. The highest BCUT2D eigenvalue weighted by Gasteiger charge is 2.00. The van der Waals surface area contributed by atoms with Crippen LogP contribution in [-0.4, -0.2) is 13.6 Å². The quantitative estimate of drug-likeness (QED) is 0.757. The summed E-state index contributed by atoms with van der Waals surface area (Å²) in [6.07, 6.45) is 0. The van der Waals surface area contributed by atoms with Gasteiger partial charge in [0.2, 0.25) is 0 Å². The second-order valence-corrected chi connectivity index (χ2v) is 4.16. The standard InChI is InChI=1S/C12H14BrN/c1-9-7-11(13)8-10(2)12(9)5-4-6-14-3/h7-8,14H,6H2,1-3H3. The number of halogens is 1. The molecule has 0 amide bonds. The van der Waals surface area contributed by atoms with Crippen molar-refractivity contribution >= 4 is 15.9 Å². The van der Waals surface area contributed by atoms with Crippen LogP contribution in [0.2, 0.25) is 0 Å². The van der Waals surface area contributed by atoms with Gasteiger partial charge in [0.15, 0.2) is 0 Å². The van der Waals surface area contributed by atoms with Crippen LogP contribution in [-0.2, 0) is 0 Å². The zero-order valence-corrected chi connectivity index (χ0v) is 10.3. The number of hydrogen-bond acceptors (Lipinski definition) is 1. The van der Waals surface area contributed by atoms with Crippen molar-refractivity contribution in [1.82, 2.24) is 5.32 Å². The number of nitrogens with one attached hydrogen (secondary N) is 1. The Morgan fingerprint density at radius 3 is 2.36 bits per heavy atom. The van der Waals surface area contributed by atoms with Gasteiger partial charge in [-0.3, -0.25) is 0 Å². The maximum atomic E-state index is 3.47. The van der Waals surface area contributed by atoms with Gasteiger partial charge in [0.05, 0.1) is 6.54 Å². The van der Waals surface area contributed by atoms with Crippen LogP contribution in [0.4, 0.5) is 0 Å². The average Bonchev–Trinajstić information content (AvgIpc) is 2.09. The van der Waals surface area contributed by atoms with Crippen LogP contribution in [0.3, 0.4) is 0 Å². The molecule has 1 nitrogen and oxygen atoms in total. The summed E-state index contributed by atoms with van der Waals surface area (Å²) >= 11 is 3.47. The Kier molecular flexibility index (Phi) is 4.19. The van der Waals surface area contributed by atoms with Crippen LogP contribution in [0.5, 0.6) is 0 Å². The molecular weight excluding hydrogens is 238 g/mol. The molecule has 0 bridgehead atoms. The molecule has 0 aliphatic carbocycles. The highest BCUT2D eigenvalue weighted by atomic mass is 79.9. The number of benzene rings is 1. The molecular formula is C12H14BrN. The highest BCUT2D eigenvalue weighted by Crippen LogP contribution is 2.19. The van der Waals surface area contributed by atoms with Crippen LogP contribution in [0, 0.1) is 25.7 Å². The molecule has 0 atom stereocenters. The summed E-state index contributed by atoms with van der Waals surface area (Å²) in [5.74, 6) is 6.25. The maximum Gasteiger partial charge on any atom is 0.0577 e. The molecule has 0 aliphatic heterocycles. The lowest BCUT2D eigenvalue weighted by molar-refractivity contribution is 0.938. The van der Waals surface area contributed by atoms with E-state index in [4.69, 9.17) is 0 Å². The van der Waals surface area contributed by atoms with Crippen LogP contribution in [0.15, 0.2) is 16.6 Å². The Morgan fingerprint density at radius 2 is 1.86 bits per heavy atom. The zero-order valence-electron chi connectivity index (χ0n) is 8.74. The first-order valence-corrected chi connectivity index (χ1v) is 5.34. The van der Waals surface area contributed by atoms with Crippen molar-refractivity contribution in [1.29, 1.82) is 0 Å². The van der Waals surface area contributed by atoms with Gasteiger partial charge in [-0.1, -0.05) is 27.8 Å². The van der Waals surface area contributed by atoms with E-state index in [0.29, 0.717) is 0 Å². The molecule has 1 aromatic carbocycles. The second-order valence-electron chi connectivity index (χ2n) is 3.25. The molecule has 0 saturated heterocycles. The predicted octanol–water partition coefficient (Wildman–Crippen LogP) is 2.64. The molecule has 0 heterocycles. The third-order valence-electron chi connectivity index (χ3n) is 1.98. The normalized spacial score (nSPS) is 9.43. The van der Waals surface area contributed by atoms with Crippen molar-refractivity contribution in [2.75, 3.05) is 13.6 Å². The first kappa shape index (κ1) is 11.3. The van der Waals surface area contributed by atoms with E-state index in [9.17, 15) is 0 Å². The van der Waals surface area contributed by atoms with Crippen LogP contribution < -0.4 is 5.32 Å². The molecule has 1 aromatic rings. The molecule has 0 radical (unpaired) electrons. The minimum Gasteiger partial charge on any atom is -0.309 e. The summed E-state index contributed by atoms with van der Waals surface area (Å²) in [4.78, 5) is 0. The molecule has 2 heteroatoms. The van der Waals surface area contributed by atoms with Crippen molar-refractivity contribution in [2.24, 2.45) is 0 Å². The minimum absolute atomic E-state index is 0.731. The average molecular weight is 252 g/mol. The third-order valence-corrected chi connectivity index (χ3v) is 2.43. The fourth-order valence-electron chi connectivity index (χ4n) is 1.33. The van der Waals surface area contributed by atoms with Crippen LogP contribution >= 0.6 is 15.9 Å². The number of rotatable bonds is 1. The Labute approximate surface area is 94.0 Å². The number of aryl methyl sites for hydroxylation is 2. The summed E-state index contributed by atoms with van der Waals surface area (Å²) in [5.41, 5.74) is 3.59. The molecule has 14 heavy (non-hydrogen) atoms. The molecule has 0 unspecified atom stereocenters. The molecule has 0 spiro atoms. The monoisotopic (exact) mass is 251 g/mol. The highest BCUT2D eigenvalue weighted by molar-refractivity contribution is 9.10. The lowest BCUT2D eigenvalue weighted by Gasteiger charge is -2.03. The first-order chi connectivity index (χ1) is 6.65. The summed E-state index contributed by atoms with van der Waals surface area (Å²) in [5, 5.41) is 3.01. The Bertz CT molecular complexity index is 362. The predicted molar refractivity (Wildman–Crippen MR) is 64.4 cm³/mol. The first-order valence-electron chi connectivity index (χ1n) is 4.55. The second kappa shape index (κ2) is 5.19. The SMILES string of the molecule is CNCC#Cc1c(C)cc(Br)cc1C. The fourth-order valence-corrected chi connectivity index (χ4v) is 2.02. The lowest BCUT2D eigenvalue weighted by atomic mass is 10.0. The summed E-state index contributed by atoms with van der Waals surface area (Å²) in [6.45, 7) is 4.90. The molecule has 0 saturated carbocycles. The summed E-state index contributed by atoms with van der Waals surface area (Å²) in [7, 11) is 1.90. The van der Waals surface area contributed by atoms with Gasteiger partial charge in [0.1, 0.15) is 0 Å². The smallest absolute Gasteiger partial charge is 0.0577 e. The van der Waals surface area contributed by atoms with Gasteiger partial charge >= 0.3 is 0 Å². The van der Waals surface area contributed by atoms with Crippen molar-refractivity contribution in [2.45, 2.75) is 13.8 Å². The largest absolute Gasteiger partial charge is 0.309 e. The van der Waals surface area contributed by atoms with Gasteiger partial charge in [0, 0.05) is 10.0 Å². The van der Waals surface area contributed by atoms with Crippen molar-refractivity contribution < 1.29 is 0 Å². The Hall–Kier alpha value is -0.780. The van der Waals surface area contributed by atoms with E-state index in [1.165, 1.54) is 11.1 Å². The third kappa shape index (κ3) is 2.87. The van der Waals surface area contributed by atoms with E-state index in [1.807, 2.05) is 7.05 Å². The molecule has 1 N–H and O–H groups in total. The molecule has 0 fully saturated rings. The van der Waals surface area contributed by atoms with Crippen molar-refractivity contribution in [3.8, 4) is 11.8 Å². The van der Waals surface area contributed by atoms with Gasteiger partial charge in [0.25, 0.3) is 0 Å². The molecule has 0 aromatic heterocycles. The molecule has 0 aliphatic rings. The van der Waals surface area contributed by atoms with Gasteiger partial charge in [-0.25, -0.2) is 0 Å². The number of hydrogen-bond donors (Lipinski definition) is 1. The Balaban J connectivity index is 3.04. The van der Waals surface area contributed by atoms with E-state index >= 15 is 0 Å². The topological polar surface area (TPSA) is 12.0 Å². The van der Waals surface area contributed by atoms with Gasteiger partial charge < -0.3 is 5.32 Å². The summed E-state index contributed by atoms with van der Waals surface area (Å²) < 4.78 is 1.12. The van der Waals surface area contributed by atoms with Crippen LogP contribution in [0.1, 0.15) is 16.7 Å². The van der Waals surface area contributed by atoms with Gasteiger partial charge in [-0.05, 0) is 44.2 Å². The van der Waals surface area contributed by atoms with Gasteiger partial charge in [-0.15, -0.1) is 0 Å². The lowest BCUT2D eigenvalue weighted by Crippen LogP contribution is -2.04. The van der Waals surface area contributed by atoms with Gasteiger partial charge in [-0.2, -0.15) is 0 Å².